The Morgan fingerprint density at radius 1 is 1.00 bits per heavy atom. The number of benzene rings is 3. The second-order valence-corrected chi connectivity index (χ2v) is 9.22. The van der Waals surface area contributed by atoms with E-state index in [9.17, 15) is 23.5 Å². The molecule has 3 aromatic carbocycles. The van der Waals surface area contributed by atoms with Crippen molar-refractivity contribution < 1.29 is 28.2 Å². The summed E-state index contributed by atoms with van der Waals surface area (Å²) >= 11 is 0. The number of carbonyl (C=O) groups is 2. The van der Waals surface area contributed by atoms with Crippen LogP contribution in [0.25, 0.3) is 5.76 Å². The number of Topliss-reactive ketones (excluding diaryl/α,β-unsaturated/α-hetero) is 1. The first-order chi connectivity index (χ1) is 18.2. The second kappa shape index (κ2) is 11.0. The van der Waals surface area contributed by atoms with E-state index in [1.165, 1.54) is 0 Å². The molecule has 0 spiro atoms. The maximum atomic E-state index is 14.9. The molecule has 1 N–H and O–H groups in total. The molecule has 8 heteroatoms. The van der Waals surface area contributed by atoms with E-state index in [1.807, 2.05) is 39.8 Å². The molecule has 0 aliphatic carbocycles. The topological polar surface area (TPSA) is 70.1 Å². The van der Waals surface area contributed by atoms with Gasteiger partial charge in [0.25, 0.3) is 11.7 Å². The lowest BCUT2D eigenvalue weighted by Gasteiger charge is -2.27. The Labute approximate surface area is 220 Å². The van der Waals surface area contributed by atoms with Gasteiger partial charge in [-0.05, 0) is 69.7 Å². The monoisotopic (exact) mass is 520 g/mol. The predicted molar refractivity (Wildman–Crippen MR) is 143 cm³/mol. The van der Waals surface area contributed by atoms with Gasteiger partial charge >= 0.3 is 0 Å². The zero-order valence-electron chi connectivity index (χ0n) is 21.7. The number of nitrogens with zero attached hydrogens (tertiary/aromatic N) is 2. The van der Waals surface area contributed by atoms with Gasteiger partial charge in [-0.25, -0.2) is 8.78 Å². The number of aliphatic hydroxyl groups excluding tert-OH is 1. The molecule has 1 saturated heterocycles. The van der Waals surface area contributed by atoms with Crippen molar-refractivity contribution in [2.24, 2.45) is 0 Å². The molecule has 1 atom stereocenters. The summed E-state index contributed by atoms with van der Waals surface area (Å²) in [6.45, 7) is 9.34. The lowest BCUT2D eigenvalue weighted by atomic mass is 9.94. The van der Waals surface area contributed by atoms with Crippen molar-refractivity contribution in [2.75, 3.05) is 22.9 Å². The number of hydrogen-bond donors (Lipinski definition) is 1. The van der Waals surface area contributed by atoms with E-state index in [-0.39, 0.29) is 22.9 Å². The molecule has 4 rings (SSSR count). The van der Waals surface area contributed by atoms with Crippen LogP contribution in [0.15, 0.2) is 72.3 Å². The van der Waals surface area contributed by atoms with Crippen LogP contribution in [0, 0.1) is 11.6 Å². The minimum atomic E-state index is -1.14. The van der Waals surface area contributed by atoms with E-state index >= 15 is 0 Å². The van der Waals surface area contributed by atoms with Gasteiger partial charge in [0.15, 0.2) is 0 Å². The average Bonchev–Trinajstić information content (AvgIpc) is 3.15. The maximum absolute atomic E-state index is 14.9. The zero-order valence-corrected chi connectivity index (χ0v) is 21.7. The van der Waals surface area contributed by atoms with Gasteiger partial charge in [-0.3, -0.25) is 14.5 Å². The highest BCUT2D eigenvalue weighted by molar-refractivity contribution is 6.51. The average molecular weight is 521 g/mol. The van der Waals surface area contributed by atoms with Crippen LogP contribution >= 0.6 is 0 Å². The highest BCUT2D eigenvalue weighted by Gasteiger charge is 2.47. The van der Waals surface area contributed by atoms with Crippen molar-refractivity contribution >= 4 is 28.8 Å². The molecule has 0 saturated carbocycles. The summed E-state index contributed by atoms with van der Waals surface area (Å²) in [5.74, 6) is -3.75. The summed E-state index contributed by atoms with van der Waals surface area (Å²) in [5, 5.41) is 11.4. The normalized spacial score (nSPS) is 16.8. The Bertz CT molecular complexity index is 1380. The van der Waals surface area contributed by atoms with E-state index in [1.54, 1.807) is 36.4 Å². The second-order valence-electron chi connectivity index (χ2n) is 9.22. The number of rotatable bonds is 8. The van der Waals surface area contributed by atoms with Crippen molar-refractivity contribution in [3.05, 3.63) is 95.1 Å². The SMILES string of the molecule is CCN(CC)c1ccc(C2/C(=C(\O)c3cccc(OC(C)C)c3)C(=O)C(=O)N2c2ccc(F)cc2F)cc1. The van der Waals surface area contributed by atoms with Crippen LogP contribution in [-0.2, 0) is 9.59 Å². The molecule has 38 heavy (non-hydrogen) atoms. The minimum absolute atomic E-state index is 0.122. The first-order valence-electron chi connectivity index (χ1n) is 12.5. The largest absolute Gasteiger partial charge is 0.507 e. The number of ether oxygens (including phenoxy) is 1. The highest BCUT2D eigenvalue weighted by atomic mass is 19.1. The number of hydrogen-bond acceptors (Lipinski definition) is 5. The molecule has 0 radical (unpaired) electrons. The fourth-order valence-corrected chi connectivity index (χ4v) is 4.67. The van der Waals surface area contributed by atoms with E-state index in [0.29, 0.717) is 17.4 Å². The van der Waals surface area contributed by atoms with Gasteiger partial charge in [0.05, 0.1) is 23.4 Å². The molecule has 1 unspecified atom stereocenters. The first-order valence-corrected chi connectivity index (χ1v) is 12.5. The van der Waals surface area contributed by atoms with Gasteiger partial charge in [-0.2, -0.15) is 0 Å². The van der Waals surface area contributed by atoms with E-state index < -0.39 is 35.1 Å². The molecular weight excluding hydrogens is 490 g/mol. The summed E-state index contributed by atoms with van der Waals surface area (Å²) in [7, 11) is 0. The smallest absolute Gasteiger partial charge is 0.300 e. The van der Waals surface area contributed by atoms with Crippen LogP contribution in [0.1, 0.15) is 44.9 Å². The molecule has 1 aliphatic rings. The zero-order chi connectivity index (χ0) is 27.6. The number of amides is 1. The minimum Gasteiger partial charge on any atom is -0.507 e. The quantitative estimate of drug-likeness (QED) is 0.217. The third-order valence-electron chi connectivity index (χ3n) is 6.43. The van der Waals surface area contributed by atoms with Gasteiger partial charge in [0, 0.05) is 30.4 Å². The molecule has 0 bridgehead atoms. The fraction of sp³-hybridized carbons (Fsp3) is 0.267. The van der Waals surface area contributed by atoms with Crippen LogP contribution in [0.2, 0.25) is 0 Å². The summed E-state index contributed by atoms with van der Waals surface area (Å²) in [4.78, 5) is 29.7. The van der Waals surface area contributed by atoms with Gasteiger partial charge in [0.2, 0.25) is 0 Å². The third kappa shape index (κ3) is 5.11. The standard InChI is InChI=1S/C30H30F2N2O4/c1-5-33(6-2)22-13-10-19(11-14-22)27-26(28(35)20-8-7-9-23(16-20)38-18(3)4)29(36)30(37)34(27)25-15-12-21(31)17-24(25)32/h7-18,27,35H,5-6H2,1-4H3/b28-26+. The Kier molecular flexibility index (Phi) is 7.80. The van der Waals surface area contributed by atoms with Crippen molar-refractivity contribution in [3.63, 3.8) is 0 Å². The molecule has 3 aromatic rings. The van der Waals surface area contributed by atoms with Crippen LogP contribution in [0.3, 0.4) is 0 Å². The molecule has 198 valence electrons. The first kappa shape index (κ1) is 26.9. The molecule has 0 aromatic heterocycles. The van der Waals surface area contributed by atoms with Crippen molar-refractivity contribution in [1.82, 2.24) is 0 Å². The summed E-state index contributed by atoms with van der Waals surface area (Å²) in [5.41, 5.74) is 1.23. The molecule has 6 nitrogen and oxygen atoms in total. The Balaban J connectivity index is 1.90. The number of aliphatic hydroxyl groups is 1. The third-order valence-corrected chi connectivity index (χ3v) is 6.43. The Morgan fingerprint density at radius 2 is 1.68 bits per heavy atom. The molecule has 1 heterocycles. The van der Waals surface area contributed by atoms with Crippen molar-refractivity contribution in [1.29, 1.82) is 0 Å². The number of halogens is 2. The predicted octanol–water partition coefficient (Wildman–Crippen LogP) is 6.22. The van der Waals surface area contributed by atoms with E-state index in [4.69, 9.17) is 4.74 Å². The van der Waals surface area contributed by atoms with Crippen molar-refractivity contribution in [3.8, 4) is 5.75 Å². The van der Waals surface area contributed by atoms with Crippen LogP contribution < -0.4 is 14.5 Å². The summed E-state index contributed by atoms with van der Waals surface area (Å²) in [6, 6.07) is 15.4. The fourth-order valence-electron chi connectivity index (χ4n) is 4.67. The van der Waals surface area contributed by atoms with Crippen LogP contribution in [-0.4, -0.2) is 36.0 Å². The lowest BCUT2D eigenvalue weighted by molar-refractivity contribution is -0.132. The van der Waals surface area contributed by atoms with Gasteiger partial charge in [0.1, 0.15) is 23.1 Å². The summed E-state index contributed by atoms with van der Waals surface area (Å²) in [6.07, 6.45) is -0.122. The van der Waals surface area contributed by atoms with Gasteiger partial charge in [-0.15, -0.1) is 0 Å². The number of carbonyl (C=O) groups excluding carboxylic acids is 2. The Hall–Kier alpha value is -4.20. The van der Waals surface area contributed by atoms with Crippen LogP contribution in [0.4, 0.5) is 20.2 Å². The highest BCUT2D eigenvalue weighted by Crippen LogP contribution is 2.43. The molecular formula is C30H30F2N2O4. The maximum Gasteiger partial charge on any atom is 0.300 e. The lowest BCUT2D eigenvalue weighted by Crippen LogP contribution is -2.30. The van der Waals surface area contributed by atoms with Crippen LogP contribution in [0.5, 0.6) is 5.75 Å². The van der Waals surface area contributed by atoms with E-state index in [0.717, 1.165) is 35.8 Å². The Morgan fingerprint density at radius 3 is 2.29 bits per heavy atom. The molecule has 1 aliphatic heterocycles. The molecule has 1 fully saturated rings. The van der Waals surface area contributed by atoms with Gasteiger partial charge < -0.3 is 14.7 Å². The van der Waals surface area contributed by atoms with Crippen molar-refractivity contribution in [2.45, 2.75) is 39.8 Å². The van der Waals surface area contributed by atoms with Gasteiger partial charge in [-0.1, -0.05) is 24.3 Å². The molecule has 1 amide bonds. The number of anilines is 2. The van der Waals surface area contributed by atoms with E-state index in [2.05, 4.69) is 4.90 Å². The summed E-state index contributed by atoms with van der Waals surface area (Å²) < 4.78 is 34.3. The number of ketones is 1.